The number of nitrogens with two attached hydrogens (primary N) is 1. The van der Waals surface area contributed by atoms with Gasteiger partial charge in [-0.3, -0.25) is 4.90 Å². The summed E-state index contributed by atoms with van der Waals surface area (Å²) in [4.78, 5) is 2.69. The molecule has 1 saturated carbocycles. The Balaban J connectivity index is 2.04. The molecule has 0 aromatic rings. The van der Waals surface area contributed by atoms with Crippen LogP contribution >= 0.6 is 0 Å². The lowest BCUT2D eigenvalue weighted by atomic mass is 9.74. The number of rotatable bonds is 4. The molecule has 0 amide bonds. The Morgan fingerprint density at radius 3 is 2.00 bits per heavy atom. The van der Waals surface area contributed by atoms with Gasteiger partial charge in [0.2, 0.25) is 0 Å². The molecule has 1 heterocycles. The van der Waals surface area contributed by atoms with Crippen LogP contribution in [0.15, 0.2) is 0 Å². The van der Waals surface area contributed by atoms with Gasteiger partial charge in [0, 0.05) is 12.1 Å². The number of hydrogen-bond donors (Lipinski definition) is 1. The average Bonchev–Trinajstić information content (AvgIpc) is 3.09. The zero-order chi connectivity index (χ0) is 12.7. The maximum Gasteiger partial charge on any atom is 0.0357 e. The highest BCUT2D eigenvalue weighted by Gasteiger charge is 2.55. The summed E-state index contributed by atoms with van der Waals surface area (Å²) in [5.41, 5.74) is 7.43. The molecule has 0 aromatic carbocycles. The van der Waals surface area contributed by atoms with Gasteiger partial charge in [-0.25, -0.2) is 0 Å². The van der Waals surface area contributed by atoms with E-state index in [1.165, 1.54) is 45.2 Å². The Labute approximate surface area is 107 Å². The SMILES string of the molecule is CCC1(C)CCN(C(C)(CN)C2(C)CC2)CC1. The van der Waals surface area contributed by atoms with Crippen molar-refractivity contribution in [2.24, 2.45) is 16.6 Å². The Hall–Kier alpha value is -0.0800. The van der Waals surface area contributed by atoms with Gasteiger partial charge in [0.05, 0.1) is 0 Å². The van der Waals surface area contributed by atoms with Crippen molar-refractivity contribution in [2.75, 3.05) is 19.6 Å². The summed E-state index contributed by atoms with van der Waals surface area (Å²) in [5, 5.41) is 0. The summed E-state index contributed by atoms with van der Waals surface area (Å²) in [5.74, 6) is 0. The molecule has 2 aliphatic rings. The first-order valence-corrected chi connectivity index (χ1v) is 7.34. The van der Waals surface area contributed by atoms with Gasteiger partial charge >= 0.3 is 0 Å². The van der Waals surface area contributed by atoms with Gasteiger partial charge in [0.1, 0.15) is 0 Å². The van der Waals surface area contributed by atoms with E-state index in [0.717, 1.165) is 6.54 Å². The fourth-order valence-corrected chi connectivity index (χ4v) is 3.38. The Morgan fingerprint density at radius 1 is 1.12 bits per heavy atom. The van der Waals surface area contributed by atoms with Crippen LogP contribution < -0.4 is 5.73 Å². The van der Waals surface area contributed by atoms with E-state index in [-0.39, 0.29) is 5.54 Å². The zero-order valence-electron chi connectivity index (χ0n) is 12.2. The average molecular weight is 238 g/mol. The van der Waals surface area contributed by atoms with E-state index in [4.69, 9.17) is 5.73 Å². The van der Waals surface area contributed by atoms with Crippen molar-refractivity contribution in [3.63, 3.8) is 0 Å². The van der Waals surface area contributed by atoms with Crippen molar-refractivity contribution < 1.29 is 0 Å². The number of hydrogen-bond acceptors (Lipinski definition) is 2. The van der Waals surface area contributed by atoms with Crippen LogP contribution in [0.2, 0.25) is 0 Å². The maximum atomic E-state index is 6.12. The van der Waals surface area contributed by atoms with Crippen LogP contribution in [0, 0.1) is 10.8 Å². The third-order valence-electron chi connectivity index (χ3n) is 6.22. The number of nitrogens with zero attached hydrogens (tertiary/aromatic N) is 1. The van der Waals surface area contributed by atoms with E-state index >= 15 is 0 Å². The Bertz CT molecular complexity index is 275. The van der Waals surface area contributed by atoms with Crippen molar-refractivity contribution in [2.45, 2.75) is 65.3 Å². The molecule has 2 nitrogen and oxygen atoms in total. The maximum absolute atomic E-state index is 6.12. The largest absolute Gasteiger partial charge is 0.329 e. The molecular formula is C15H30N2. The summed E-state index contributed by atoms with van der Waals surface area (Å²) in [6.07, 6.45) is 6.73. The molecule has 2 N–H and O–H groups in total. The third kappa shape index (κ3) is 2.15. The lowest BCUT2D eigenvalue weighted by Crippen LogP contribution is -2.59. The van der Waals surface area contributed by atoms with Gasteiger partial charge in [0.15, 0.2) is 0 Å². The van der Waals surface area contributed by atoms with Crippen molar-refractivity contribution >= 4 is 0 Å². The van der Waals surface area contributed by atoms with E-state index in [1.54, 1.807) is 0 Å². The standard InChI is InChI=1S/C15H30N2/c1-5-13(2)8-10-17(11-9-13)15(4,12-16)14(3)6-7-14/h5-12,16H2,1-4H3. The van der Waals surface area contributed by atoms with Gasteiger partial charge in [0.25, 0.3) is 0 Å². The fraction of sp³-hybridized carbons (Fsp3) is 1.00. The van der Waals surface area contributed by atoms with Gasteiger partial charge in [-0.05, 0) is 56.5 Å². The van der Waals surface area contributed by atoms with E-state index < -0.39 is 0 Å². The van der Waals surface area contributed by atoms with Crippen molar-refractivity contribution in [1.82, 2.24) is 4.90 Å². The minimum Gasteiger partial charge on any atom is -0.329 e. The number of piperidine rings is 1. The van der Waals surface area contributed by atoms with Crippen LogP contribution in [0.25, 0.3) is 0 Å². The molecule has 2 heteroatoms. The summed E-state index contributed by atoms with van der Waals surface area (Å²) in [6, 6.07) is 0. The van der Waals surface area contributed by atoms with E-state index in [0.29, 0.717) is 10.8 Å². The zero-order valence-corrected chi connectivity index (χ0v) is 12.2. The molecular weight excluding hydrogens is 208 g/mol. The second-order valence-electron chi connectivity index (χ2n) is 7.19. The minimum absolute atomic E-state index is 0.238. The minimum atomic E-state index is 0.238. The first-order chi connectivity index (χ1) is 7.89. The van der Waals surface area contributed by atoms with E-state index in [1.807, 2.05) is 0 Å². The topological polar surface area (TPSA) is 29.3 Å². The smallest absolute Gasteiger partial charge is 0.0357 e. The Kier molecular flexibility index (Phi) is 3.33. The van der Waals surface area contributed by atoms with Crippen LogP contribution in [0.5, 0.6) is 0 Å². The predicted octanol–water partition coefficient (Wildman–Crippen LogP) is 3.02. The van der Waals surface area contributed by atoms with Crippen LogP contribution in [0.3, 0.4) is 0 Å². The molecule has 0 spiro atoms. The van der Waals surface area contributed by atoms with Gasteiger partial charge < -0.3 is 5.73 Å². The monoisotopic (exact) mass is 238 g/mol. The van der Waals surface area contributed by atoms with Gasteiger partial charge in [-0.1, -0.05) is 27.2 Å². The van der Waals surface area contributed by atoms with Crippen molar-refractivity contribution in [3.05, 3.63) is 0 Å². The van der Waals surface area contributed by atoms with Gasteiger partial charge in [-0.2, -0.15) is 0 Å². The molecule has 1 unspecified atom stereocenters. The van der Waals surface area contributed by atoms with Gasteiger partial charge in [-0.15, -0.1) is 0 Å². The molecule has 2 fully saturated rings. The molecule has 1 aliphatic heterocycles. The molecule has 0 radical (unpaired) electrons. The molecule has 100 valence electrons. The highest BCUT2D eigenvalue weighted by Crippen LogP contribution is 2.56. The van der Waals surface area contributed by atoms with E-state index in [2.05, 4.69) is 32.6 Å². The third-order valence-corrected chi connectivity index (χ3v) is 6.22. The Morgan fingerprint density at radius 2 is 1.65 bits per heavy atom. The normalized spacial score (nSPS) is 30.9. The van der Waals surface area contributed by atoms with Crippen molar-refractivity contribution in [1.29, 1.82) is 0 Å². The molecule has 1 saturated heterocycles. The van der Waals surface area contributed by atoms with Crippen molar-refractivity contribution in [3.8, 4) is 0 Å². The molecule has 1 atom stereocenters. The molecule has 0 aromatic heterocycles. The lowest BCUT2D eigenvalue weighted by molar-refractivity contribution is -0.00372. The lowest BCUT2D eigenvalue weighted by Gasteiger charge is -2.50. The van der Waals surface area contributed by atoms with Crippen LogP contribution in [0.4, 0.5) is 0 Å². The first-order valence-electron chi connectivity index (χ1n) is 7.34. The summed E-state index contributed by atoms with van der Waals surface area (Å²) >= 11 is 0. The highest BCUT2D eigenvalue weighted by molar-refractivity contribution is 5.10. The fourth-order valence-electron chi connectivity index (χ4n) is 3.38. The molecule has 2 rings (SSSR count). The van der Waals surface area contributed by atoms with E-state index in [9.17, 15) is 0 Å². The highest BCUT2D eigenvalue weighted by atomic mass is 15.2. The summed E-state index contributed by atoms with van der Waals surface area (Å²) in [7, 11) is 0. The van der Waals surface area contributed by atoms with Crippen LogP contribution in [-0.2, 0) is 0 Å². The predicted molar refractivity (Wildman–Crippen MR) is 74.0 cm³/mol. The quantitative estimate of drug-likeness (QED) is 0.816. The summed E-state index contributed by atoms with van der Waals surface area (Å²) < 4.78 is 0. The molecule has 1 aliphatic carbocycles. The summed E-state index contributed by atoms with van der Waals surface area (Å²) in [6.45, 7) is 12.9. The second kappa shape index (κ2) is 4.24. The van der Waals surface area contributed by atoms with Crippen LogP contribution in [0.1, 0.15) is 59.8 Å². The first kappa shape index (κ1) is 13.4. The van der Waals surface area contributed by atoms with Crippen LogP contribution in [-0.4, -0.2) is 30.1 Å². The molecule has 0 bridgehead atoms. The number of likely N-dealkylation sites (tertiary alicyclic amines) is 1. The molecule has 17 heavy (non-hydrogen) atoms. The second-order valence-corrected chi connectivity index (χ2v) is 7.19.